The van der Waals surface area contributed by atoms with E-state index in [1.807, 2.05) is 6.07 Å². The summed E-state index contributed by atoms with van der Waals surface area (Å²) < 4.78 is 30.9. The van der Waals surface area contributed by atoms with Gasteiger partial charge in [-0.3, -0.25) is 9.59 Å². The quantitative estimate of drug-likeness (QED) is 0.766. The molecule has 128 valence electrons. The lowest BCUT2D eigenvalue weighted by Gasteiger charge is -2.07. The number of rotatable bonds is 5. The number of carbonyl (C=O) groups excluding carboxylic acids is 1. The zero-order valence-corrected chi connectivity index (χ0v) is 12.7. The summed E-state index contributed by atoms with van der Waals surface area (Å²) in [6, 6.07) is 11.4. The minimum atomic E-state index is -2.89. The van der Waals surface area contributed by atoms with Crippen molar-refractivity contribution >= 4 is 11.6 Å². The maximum Gasteiger partial charge on any atom is 0.314 e. The molecular weight excluding hydrogens is 334 g/mol. The Bertz CT molecular complexity index is 938. The minimum Gasteiger partial charge on any atom is -0.415 e. The van der Waals surface area contributed by atoms with E-state index in [9.17, 15) is 18.4 Å². The van der Waals surface area contributed by atoms with Crippen molar-refractivity contribution in [2.75, 3.05) is 5.32 Å². The fourth-order valence-corrected chi connectivity index (χ4v) is 2.09. The summed E-state index contributed by atoms with van der Waals surface area (Å²) in [5, 5.41) is 9.33. The fourth-order valence-electron chi connectivity index (χ4n) is 2.09. The molecule has 1 N–H and O–H groups in total. The van der Waals surface area contributed by atoms with Crippen molar-refractivity contribution in [3.8, 4) is 11.5 Å². The standard InChI is InChI=1S/C16H12F2N4O3/c17-14(18)16-21-20-15(25-16)10-6-7-22(13(24)8-10)9-12(23)19-11-4-2-1-3-5-11/h1-8,14H,9H2,(H,19,23). The number of hydrogen-bond donors (Lipinski definition) is 1. The highest BCUT2D eigenvalue weighted by atomic mass is 19.3. The number of nitrogens with zero attached hydrogens (tertiary/aromatic N) is 3. The fraction of sp³-hybridized carbons (Fsp3) is 0.125. The molecule has 1 amide bonds. The van der Waals surface area contributed by atoms with Gasteiger partial charge in [-0.15, -0.1) is 10.2 Å². The normalized spacial score (nSPS) is 10.8. The van der Waals surface area contributed by atoms with Crippen LogP contribution in [0.25, 0.3) is 11.5 Å². The van der Waals surface area contributed by atoms with Crippen LogP contribution in [0.3, 0.4) is 0 Å². The SMILES string of the molecule is O=C(Cn1ccc(-c2nnc(C(F)F)o2)cc1=O)Nc1ccccc1. The summed E-state index contributed by atoms with van der Waals surface area (Å²) in [4.78, 5) is 24.1. The summed E-state index contributed by atoms with van der Waals surface area (Å²) in [5.74, 6) is -1.38. The lowest BCUT2D eigenvalue weighted by Crippen LogP contribution is -2.26. The van der Waals surface area contributed by atoms with Gasteiger partial charge in [-0.25, -0.2) is 0 Å². The number of halogens is 2. The highest BCUT2D eigenvalue weighted by Crippen LogP contribution is 2.22. The number of pyridine rings is 1. The molecule has 0 saturated heterocycles. The molecule has 9 heteroatoms. The first-order valence-corrected chi connectivity index (χ1v) is 7.20. The van der Waals surface area contributed by atoms with Gasteiger partial charge in [-0.2, -0.15) is 8.78 Å². The number of nitrogens with one attached hydrogen (secondary N) is 1. The van der Waals surface area contributed by atoms with Crippen LogP contribution in [0.5, 0.6) is 0 Å². The van der Waals surface area contributed by atoms with Crippen molar-refractivity contribution < 1.29 is 18.0 Å². The molecule has 2 heterocycles. The van der Waals surface area contributed by atoms with E-state index in [0.29, 0.717) is 5.69 Å². The number of benzene rings is 1. The van der Waals surface area contributed by atoms with Gasteiger partial charge in [0.2, 0.25) is 11.8 Å². The van der Waals surface area contributed by atoms with Gasteiger partial charge in [0.15, 0.2) is 0 Å². The predicted molar refractivity (Wildman–Crippen MR) is 84.0 cm³/mol. The highest BCUT2D eigenvalue weighted by Gasteiger charge is 2.17. The zero-order valence-electron chi connectivity index (χ0n) is 12.7. The number of aromatic nitrogens is 3. The molecule has 2 aromatic heterocycles. The van der Waals surface area contributed by atoms with Crippen LogP contribution in [0.1, 0.15) is 12.3 Å². The molecule has 0 aliphatic rings. The maximum atomic E-state index is 12.5. The zero-order chi connectivity index (χ0) is 17.8. The first-order valence-electron chi connectivity index (χ1n) is 7.20. The molecule has 25 heavy (non-hydrogen) atoms. The Labute approximate surface area is 139 Å². The molecule has 0 aliphatic heterocycles. The highest BCUT2D eigenvalue weighted by molar-refractivity contribution is 5.90. The molecule has 3 aromatic rings. The average molecular weight is 346 g/mol. The summed E-state index contributed by atoms with van der Waals surface area (Å²) in [6.45, 7) is -0.194. The molecular formula is C16H12F2N4O3. The lowest BCUT2D eigenvalue weighted by molar-refractivity contribution is -0.116. The first kappa shape index (κ1) is 16.5. The Hall–Kier alpha value is -3.36. The second kappa shape index (κ2) is 7.04. The van der Waals surface area contributed by atoms with Gasteiger partial charge in [0.25, 0.3) is 11.4 Å². The smallest absolute Gasteiger partial charge is 0.314 e. The van der Waals surface area contributed by atoms with Crippen molar-refractivity contribution in [1.29, 1.82) is 0 Å². The minimum absolute atomic E-state index is 0.187. The number of hydrogen-bond acceptors (Lipinski definition) is 5. The number of amides is 1. The Kier molecular flexibility index (Phi) is 4.64. The molecule has 0 atom stereocenters. The Morgan fingerprint density at radius 2 is 1.96 bits per heavy atom. The summed E-state index contributed by atoms with van der Waals surface area (Å²) in [5.41, 5.74) is 0.309. The molecule has 7 nitrogen and oxygen atoms in total. The van der Waals surface area contributed by atoms with Crippen LogP contribution in [0, 0.1) is 0 Å². The first-order chi connectivity index (χ1) is 12.0. The second-order valence-electron chi connectivity index (χ2n) is 5.04. The van der Waals surface area contributed by atoms with Crippen LogP contribution >= 0.6 is 0 Å². The molecule has 0 spiro atoms. The summed E-state index contributed by atoms with van der Waals surface area (Å²) in [7, 11) is 0. The maximum absolute atomic E-state index is 12.5. The molecule has 0 fully saturated rings. The van der Waals surface area contributed by atoms with Crippen LogP contribution in [-0.4, -0.2) is 20.7 Å². The van der Waals surface area contributed by atoms with Crippen molar-refractivity contribution in [3.05, 3.63) is 64.9 Å². The van der Waals surface area contributed by atoms with E-state index >= 15 is 0 Å². The third-order valence-electron chi connectivity index (χ3n) is 3.24. The molecule has 0 unspecified atom stereocenters. The number of para-hydroxylation sites is 1. The van der Waals surface area contributed by atoms with E-state index in [0.717, 1.165) is 6.07 Å². The van der Waals surface area contributed by atoms with Gasteiger partial charge < -0.3 is 14.3 Å². The van der Waals surface area contributed by atoms with Crippen LogP contribution in [0.2, 0.25) is 0 Å². The van der Waals surface area contributed by atoms with E-state index in [4.69, 9.17) is 4.42 Å². The number of alkyl halides is 2. The van der Waals surface area contributed by atoms with E-state index < -0.39 is 17.9 Å². The number of carbonyl (C=O) groups is 1. The molecule has 3 rings (SSSR count). The third-order valence-corrected chi connectivity index (χ3v) is 3.24. The van der Waals surface area contributed by atoms with Crippen molar-refractivity contribution in [2.45, 2.75) is 13.0 Å². The molecule has 0 bridgehead atoms. The van der Waals surface area contributed by atoms with Crippen molar-refractivity contribution in [1.82, 2.24) is 14.8 Å². The Morgan fingerprint density at radius 1 is 1.20 bits per heavy atom. The van der Waals surface area contributed by atoms with E-state index in [1.54, 1.807) is 24.3 Å². The van der Waals surface area contributed by atoms with Gasteiger partial charge in [0.1, 0.15) is 6.54 Å². The average Bonchev–Trinajstić information content (AvgIpc) is 3.08. The van der Waals surface area contributed by atoms with E-state index in [2.05, 4.69) is 15.5 Å². The van der Waals surface area contributed by atoms with Gasteiger partial charge in [0, 0.05) is 23.5 Å². The predicted octanol–water partition coefficient (Wildman–Crippen LogP) is 2.47. The van der Waals surface area contributed by atoms with Crippen LogP contribution in [0.15, 0.2) is 57.9 Å². The lowest BCUT2D eigenvalue weighted by atomic mass is 10.2. The van der Waals surface area contributed by atoms with Gasteiger partial charge in [-0.1, -0.05) is 18.2 Å². The van der Waals surface area contributed by atoms with E-state index in [1.165, 1.54) is 16.8 Å². The largest absolute Gasteiger partial charge is 0.415 e. The van der Waals surface area contributed by atoms with Crippen LogP contribution in [0.4, 0.5) is 14.5 Å². The Balaban J connectivity index is 1.73. The van der Waals surface area contributed by atoms with Gasteiger partial charge in [-0.05, 0) is 18.2 Å². The number of anilines is 1. The van der Waals surface area contributed by atoms with Gasteiger partial charge >= 0.3 is 6.43 Å². The molecule has 0 aliphatic carbocycles. The molecule has 1 aromatic carbocycles. The molecule has 0 saturated carbocycles. The van der Waals surface area contributed by atoms with Gasteiger partial charge in [0.05, 0.1) is 0 Å². The summed E-state index contributed by atoms with van der Waals surface area (Å²) in [6.07, 6.45) is -1.53. The van der Waals surface area contributed by atoms with Crippen molar-refractivity contribution in [2.24, 2.45) is 0 Å². The van der Waals surface area contributed by atoms with Crippen molar-refractivity contribution in [3.63, 3.8) is 0 Å². The second-order valence-corrected chi connectivity index (χ2v) is 5.04. The van der Waals surface area contributed by atoms with E-state index in [-0.39, 0.29) is 23.9 Å². The summed E-state index contributed by atoms with van der Waals surface area (Å²) >= 11 is 0. The third kappa shape index (κ3) is 3.94. The topological polar surface area (TPSA) is 90.0 Å². The Morgan fingerprint density at radius 3 is 2.60 bits per heavy atom. The molecule has 0 radical (unpaired) electrons. The monoisotopic (exact) mass is 346 g/mol. The van der Waals surface area contributed by atoms with Crippen LogP contribution in [-0.2, 0) is 11.3 Å². The van der Waals surface area contributed by atoms with Crippen LogP contribution < -0.4 is 10.9 Å².